The zero-order valence-electron chi connectivity index (χ0n) is 9.67. The molecule has 0 fully saturated rings. The fourth-order valence-electron chi connectivity index (χ4n) is 2.67. The molecule has 17 heavy (non-hydrogen) atoms. The molecule has 0 saturated carbocycles. The van der Waals surface area contributed by atoms with Gasteiger partial charge in [-0.25, -0.2) is 0 Å². The van der Waals surface area contributed by atoms with Gasteiger partial charge in [0.05, 0.1) is 12.4 Å². The molecule has 1 unspecified atom stereocenters. The minimum atomic E-state index is -0.312. The molecule has 2 heteroatoms. The number of hydrogen-bond acceptors (Lipinski definition) is 2. The molecule has 88 valence electrons. The summed E-state index contributed by atoms with van der Waals surface area (Å²) in [7, 11) is 0. The van der Waals surface area contributed by atoms with Gasteiger partial charge in [0.25, 0.3) is 0 Å². The van der Waals surface area contributed by atoms with E-state index in [-0.39, 0.29) is 6.10 Å². The van der Waals surface area contributed by atoms with E-state index in [4.69, 9.17) is 4.42 Å². The quantitative estimate of drug-likeness (QED) is 0.876. The van der Waals surface area contributed by atoms with Crippen LogP contribution >= 0.6 is 0 Å². The zero-order valence-corrected chi connectivity index (χ0v) is 9.67. The number of hydrogen-bond donors (Lipinski definition) is 1. The Morgan fingerprint density at radius 1 is 1.12 bits per heavy atom. The normalized spacial score (nSPS) is 17.0. The fraction of sp³-hybridized carbons (Fsp3) is 0.333. The third kappa shape index (κ3) is 2.13. The van der Waals surface area contributed by atoms with Crippen molar-refractivity contribution >= 4 is 0 Å². The lowest BCUT2D eigenvalue weighted by Crippen LogP contribution is -2.23. The summed E-state index contributed by atoms with van der Waals surface area (Å²) < 4.78 is 5.28. The van der Waals surface area contributed by atoms with E-state index >= 15 is 0 Å². The highest BCUT2D eigenvalue weighted by molar-refractivity contribution is 5.32. The van der Waals surface area contributed by atoms with Crippen LogP contribution in [0.25, 0.3) is 0 Å². The standard InChI is InChI=1S/C15H16O2/c16-15(10-14-6-3-7-17-14)13-8-11-4-1-2-5-12(11)9-13/h1-7,13,15-16H,8-10H2. The van der Waals surface area contributed by atoms with Gasteiger partial charge >= 0.3 is 0 Å². The lowest BCUT2D eigenvalue weighted by Gasteiger charge is -2.16. The third-order valence-corrected chi connectivity index (χ3v) is 3.62. The Balaban J connectivity index is 1.68. The Kier molecular flexibility index (Phi) is 2.73. The number of rotatable bonds is 3. The zero-order chi connectivity index (χ0) is 11.7. The molecule has 0 saturated heterocycles. The van der Waals surface area contributed by atoms with E-state index in [1.165, 1.54) is 11.1 Å². The molecule has 1 atom stereocenters. The second kappa shape index (κ2) is 4.38. The Morgan fingerprint density at radius 2 is 1.82 bits per heavy atom. The van der Waals surface area contributed by atoms with Gasteiger partial charge in [0.15, 0.2) is 0 Å². The van der Waals surface area contributed by atoms with Gasteiger partial charge < -0.3 is 9.52 Å². The van der Waals surface area contributed by atoms with Crippen molar-refractivity contribution in [2.45, 2.75) is 25.4 Å². The number of fused-ring (bicyclic) bond motifs is 1. The highest BCUT2D eigenvalue weighted by Gasteiger charge is 2.27. The molecule has 1 aromatic heterocycles. The highest BCUT2D eigenvalue weighted by Crippen LogP contribution is 2.29. The van der Waals surface area contributed by atoms with Crippen LogP contribution in [0.1, 0.15) is 16.9 Å². The molecule has 1 aliphatic rings. The first kappa shape index (κ1) is 10.6. The van der Waals surface area contributed by atoms with Gasteiger partial charge in [-0.15, -0.1) is 0 Å². The maximum Gasteiger partial charge on any atom is 0.106 e. The van der Waals surface area contributed by atoms with Crippen molar-refractivity contribution in [1.29, 1.82) is 0 Å². The van der Waals surface area contributed by atoms with E-state index in [1.54, 1.807) is 6.26 Å². The van der Waals surface area contributed by atoms with Crippen molar-refractivity contribution in [3.63, 3.8) is 0 Å². The first-order valence-corrected chi connectivity index (χ1v) is 6.10. The Morgan fingerprint density at radius 3 is 2.41 bits per heavy atom. The third-order valence-electron chi connectivity index (χ3n) is 3.62. The number of aliphatic hydroxyl groups is 1. The largest absolute Gasteiger partial charge is 0.469 e. The van der Waals surface area contributed by atoms with Gasteiger partial charge in [-0.2, -0.15) is 0 Å². The van der Waals surface area contributed by atoms with E-state index in [0.29, 0.717) is 12.3 Å². The molecular weight excluding hydrogens is 212 g/mol. The van der Waals surface area contributed by atoms with Gasteiger partial charge in [-0.05, 0) is 42.0 Å². The van der Waals surface area contributed by atoms with E-state index < -0.39 is 0 Å². The first-order valence-electron chi connectivity index (χ1n) is 6.10. The van der Waals surface area contributed by atoms with Crippen LogP contribution in [0.3, 0.4) is 0 Å². The van der Waals surface area contributed by atoms with Crippen molar-refractivity contribution in [2.24, 2.45) is 5.92 Å². The van der Waals surface area contributed by atoms with E-state index in [2.05, 4.69) is 24.3 Å². The van der Waals surface area contributed by atoms with Crippen LogP contribution in [0.4, 0.5) is 0 Å². The maximum atomic E-state index is 10.2. The molecule has 0 radical (unpaired) electrons. The molecule has 3 rings (SSSR count). The number of benzene rings is 1. The smallest absolute Gasteiger partial charge is 0.106 e. The van der Waals surface area contributed by atoms with Crippen LogP contribution in [-0.4, -0.2) is 11.2 Å². The van der Waals surface area contributed by atoms with E-state index in [1.807, 2.05) is 12.1 Å². The Labute approximate surface area is 101 Å². The molecule has 2 nitrogen and oxygen atoms in total. The summed E-state index contributed by atoms with van der Waals surface area (Å²) in [6.45, 7) is 0. The predicted octanol–water partition coefficient (Wildman–Crippen LogP) is 2.60. The number of aliphatic hydroxyl groups excluding tert-OH is 1. The van der Waals surface area contributed by atoms with Gasteiger partial charge in [0, 0.05) is 6.42 Å². The van der Waals surface area contributed by atoms with Gasteiger partial charge in [0.2, 0.25) is 0 Å². The molecule has 1 aliphatic carbocycles. The maximum absolute atomic E-state index is 10.2. The SMILES string of the molecule is OC(Cc1ccco1)C1Cc2ccccc2C1. The minimum absolute atomic E-state index is 0.312. The van der Waals surface area contributed by atoms with Crippen molar-refractivity contribution in [3.05, 3.63) is 59.5 Å². The summed E-state index contributed by atoms with van der Waals surface area (Å²) in [5.74, 6) is 1.20. The molecule has 2 aromatic rings. The van der Waals surface area contributed by atoms with Crippen molar-refractivity contribution in [2.75, 3.05) is 0 Å². The first-order chi connectivity index (χ1) is 8.33. The molecule has 0 aliphatic heterocycles. The summed E-state index contributed by atoms with van der Waals surface area (Å²) in [4.78, 5) is 0. The molecular formula is C15H16O2. The van der Waals surface area contributed by atoms with Crippen LogP contribution in [0.5, 0.6) is 0 Å². The van der Waals surface area contributed by atoms with Crippen molar-refractivity contribution in [3.8, 4) is 0 Å². The second-order valence-electron chi connectivity index (χ2n) is 4.79. The average Bonchev–Trinajstić information content (AvgIpc) is 2.96. The monoisotopic (exact) mass is 228 g/mol. The summed E-state index contributed by atoms with van der Waals surface area (Å²) in [6, 6.07) is 12.3. The van der Waals surface area contributed by atoms with E-state index in [9.17, 15) is 5.11 Å². The van der Waals surface area contributed by atoms with Crippen LogP contribution in [-0.2, 0) is 19.3 Å². The molecule has 1 aromatic carbocycles. The topological polar surface area (TPSA) is 33.4 Å². The van der Waals surface area contributed by atoms with Crippen LogP contribution in [0.15, 0.2) is 47.1 Å². The average molecular weight is 228 g/mol. The van der Waals surface area contributed by atoms with Crippen LogP contribution in [0.2, 0.25) is 0 Å². The predicted molar refractivity (Wildman–Crippen MR) is 65.8 cm³/mol. The van der Waals surface area contributed by atoms with Crippen molar-refractivity contribution in [1.82, 2.24) is 0 Å². The molecule has 1 N–H and O–H groups in total. The highest BCUT2D eigenvalue weighted by atomic mass is 16.3. The summed E-state index contributed by atoms with van der Waals surface area (Å²) in [5, 5.41) is 10.2. The molecule has 0 bridgehead atoms. The van der Waals surface area contributed by atoms with Gasteiger partial charge in [0.1, 0.15) is 5.76 Å². The second-order valence-corrected chi connectivity index (χ2v) is 4.79. The Hall–Kier alpha value is -1.54. The fourth-order valence-corrected chi connectivity index (χ4v) is 2.67. The van der Waals surface area contributed by atoms with Crippen LogP contribution < -0.4 is 0 Å². The molecule has 1 heterocycles. The van der Waals surface area contributed by atoms with Gasteiger partial charge in [-0.3, -0.25) is 0 Å². The van der Waals surface area contributed by atoms with E-state index in [0.717, 1.165) is 18.6 Å². The summed E-state index contributed by atoms with van der Waals surface area (Å²) in [5.41, 5.74) is 2.77. The van der Waals surface area contributed by atoms with Gasteiger partial charge in [-0.1, -0.05) is 24.3 Å². The Bertz CT molecular complexity index is 462. The lowest BCUT2D eigenvalue weighted by molar-refractivity contribution is 0.107. The van der Waals surface area contributed by atoms with Crippen LogP contribution in [0, 0.1) is 5.92 Å². The van der Waals surface area contributed by atoms with Crippen molar-refractivity contribution < 1.29 is 9.52 Å². The summed E-state index contributed by atoms with van der Waals surface area (Å²) in [6.07, 6.45) is 3.93. The minimum Gasteiger partial charge on any atom is -0.469 e. The molecule has 0 amide bonds. The molecule has 0 spiro atoms. The number of furan rings is 1. The summed E-state index contributed by atoms with van der Waals surface area (Å²) >= 11 is 0. The lowest BCUT2D eigenvalue weighted by atomic mass is 9.96.